The molecule has 0 aliphatic carbocycles. The molecule has 4 atom stereocenters. The first-order valence-electron chi connectivity index (χ1n) is 9.92. The third-order valence-corrected chi connectivity index (χ3v) is 7.13. The van der Waals surface area contributed by atoms with Crippen LogP contribution in [0.3, 0.4) is 0 Å². The molecular formula is C20H22F2N6OS. The molecule has 2 fully saturated rings. The Labute approximate surface area is 176 Å². The molecule has 2 saturated heterocycles. The zero-order chi connectivity index (χ0) is 20.8. The highest BCUT2D eigenvalue weighted by Gasteiger charge is 2.44. The maximum atomic E-state index is 14.9. The zero-order valence-corrected chi connectivity index (χ0v) is 17.2. The minimum Gasteiger partial charge on any atom is -0.507 e. The molecule has 0 saturated carbocycles. The minimum atomic E-state index is -0.945. The summed E-state index contributed by atoms with van der Waals surface area (Å²) < 4.78 is 28.8. The van der Waals surface area contributed by atoms with Gasteiger partial charge in [-0.3, -0.25) is 0 Å². The van der Waals surface area contributed by atoms with Crippen molar-refractivity contribution in [3.8, 4) is 27.4 Å². The van der Waals surface area contributed by atoms with Crippen LogP contribution < -0.4 is 10.2 Å². The van der Waals surface area contributed by atoms with Gasteiger partial charge in [-0.15, -0.1) is 10.2 Å². The van der Waals surface area contributed by atoms with Crippen molar-refractivity contribution in [1.29, 1.82) is 0 Å². The molecule has 7 nitrogen and oxygen atoms in total. The number of rotatable bonds is 5. The van der Waals surface area contributed by atoms with E-state index >= 15 is 0 Å². The van der Waals surface area contributed by atoms with Crippen LogP contribution in [0.1, 0.15) is 19.3 Å². The lowest BCUT2D eigenvalue weighted by Crippen LogP contribution is -2.55. The van der Waals surface area contributed by atoms with Crippen LogP contribution in [0.2, 0.25) is 0 Å². The number of aromatic hydroxyl groups is 1. The first-order chi connectivity index (χ1) is 14.5. The predicted molar refractivity (Wildman–Crippen MR) is 111 cm³/mol. The summed E-state index contributed by atoms with van der Waals surface area (Å²) in [6.07, 6.45) is 4.81. The molecule has 0 spiro atoms. The molecule has 2 unspecified atom stereocenters. The SMILES string of the molecule is CN(c1nnc(-c2ccc(-c3cnn(CF)c3)cc2O)s1)[C@H]1CC2CCC(N2)[C@H]1F. The van der Waals surface area contributed by atoms with E-state index in [0.29, 0.717) is 27.3 Å². The lowest BCUT2D eigenvalue weighted by atomic mass is 9.97. The highest BCUT2D eigenvalue weighted by Crippen LogP contribution is 2.39. The van der Waals surface area contributed by atoms with Crippen molar-refractivity contribution in [1.82, 2.24) is 25.3 Å². The van der Waals surface area contributed by atoms with E-state index in [0.717, 1.165) is 24.8 Å². The molecule has 10 heteroatoms. The summed E-state index contributed by atoms with van der Waals surface area (Å²) in [6, 6.07) is 5.23. The Hall–Kier alpha value is -2.59. The second-order valence-corrected chi connectivity index (χ2v) is 8.87. The van der Waals surface area contributed by atoms with Gasteiger partial charge in [0, 0.05) is 30.9 Å². The normalized spacial score (nSPS) is 25.6. The summed E-state index contributed by atoms with van der Waals surface area (Å²) in [5.74, 6) is 0.0501. The van der Waals surface area contributed by atoms with Crippen molar-refractivity contribution < 1.29 is 13.9 Å². The summed E-state index contributed by atoms with van der Waals surface area (Å²) in [5.41, 5.74) is 1.99. The number of phenols is 1. The van der Waals surface area contributed by atoms with Gasteiger partial charge in [-0.1, -0.05) is 17.4 Å². The topological polar surface area (TPSA) is 79.1 Å². The Morgan fingerprint density at radius 1 is 1.30 bits per heavy atom. The predicted octanol–water partition coefficient (Wildman–Crippen LogP) is 3.37. The maximum absolute atomic E-state index is 14.9. The number of hydrogen-bond donors (Lipinski definition) is 2. The Morgan fingerprint density at radius 3 is 2.93 bits per heavy atom. The minimum absolute atomic E-state index is 0.0501. The van der Waals surface area contributed by atoms with Crippen molar-refractivity contribution in [2.45, 2.75) is 50.4 Å². The summed E-state index contributed by atoms with van der Waals surface area (Å²) >= 11 is 1.33. The van der Waals surface area contributed by atoms with Gasteiger partial charge < -0.3 is 15.3 Å². The van der Waals surface area contributed by atoms with E-state index in [1.807, 2.05) is 18.0 Å². The number of halogens is 2. The molecule has 3 aromatic rings. The summed E-state index contributed by atoms with van der Waals surface area (Å²) in [4.78, 5) is 1.88. The molecule has 2 N–H and O–H groups in total. The fourth-order valence-electron chi connectivity index (χ4n) is 4.43. The molecule has 158 valence electrons. The first-order valence-corrected chi connectivity index (χ1v) is 10.7. The van der Waals surface area contributed by atoms with Crippen LogP contribution in [0.5, 0.6) is 5.75 Å². The van der Waals surface area contributed by atoms with Gasteiger partial charge in [0.15, 0.2) is 11.8 Å². The Kier molecular flexibility index (Phi) is 4.90. The van der Waals surface area contributed by atoms with Gasteiger partial charge in [-0.2, -0.15) is 5.10 Å². The zero-order valence-electron chi connectivity index (χ0n) is 16.4. The summed E-state index contributed by atoms with van der Waals surface area (Å²) in [6.45, 7) is -0.705. The second kappa shape index (κ2) is 7.59. The molecule has 2 aliphatic rings. The van der Waals surface area contributed by atoms with Gasteiger partial charge in [-0.25, -0.2) is 13.5 Å². The van der Waals surface area contributed by atoms with Crippen LogP contribution in [-0.2, 0) is 6.80 Å². The molecule has 2 bridgehead atoms. The summed E-state index contributed by atoms with van der Waals surface area (Å²) in [7, 11) is 1.86. The number of alkyl halides is 2. The number of hydrogen-bond acceptors (Lipinski definition) is 7. The molecule has 2 aromatic heterocycles. The molecule has 5 rings (SSSR count). The Morgan fingerprint density at radius 2 is 2.17 bits per heavy atom. The first kappa shape index (κ1) is 19.4. The number of phenolic OH excluding ortho intramolecular Hbond substituents is 1. The third kappa shape index (κ3) is 3.33. The van der Waals surface area contributed by atoms with E-state index < -0.39 is 13.0 Å². The lowest BCUT2D eigenvalue weighted by Gasteiger charge is -2.38. The molecule has 0 amide bonds. The smallest absolute Gasteiger partial charge is 0.208 e. The van der Waals surface area contributed by atoms with Crippen molar-refractivity contribution >= 4 is 16.5 Å². The molecule has 0 radical (unpaired) electrons. The standard InChI is InChI=1S/C20H22F2N6OS/c1-27(16-7-13-3-5-15(24-13)18(16)22)20-26-25-19(30-20)14-4-2-11(6-17(14)29)12-8-23-28(9-12)10-21/h2,4,6,8-9,13,15-16,18,24,29H,3,5,7,10H2,1H3/t13?,15?,16-,18+/m0/s1. The lowest BCUT2D eigenvalue weighted by molar-refractivity contribution is 0.176. The maximum Gasteiger partial charge on any atom is 0.208 e. The second-order valence-electron chi connectivity index (χ2n) is 7.92. The van der Waals surface area contributed by atoms with E-state index in [9.17, 15) is 13.9 Å². The molecule has 4 heterocycles. The number of benzene rings is 1. The van der Waals surface area contributed by atoms with E-state index in [-0.39, 0.29) is 17.8 Å². The highest BCUT2D eigenvalue weighted by atomic mass is 32.1. The van der Waals surface area contributed by atoms with Crippen LogP contribution in [0.25, 0.3) is 21.7 Å². The fraction of sp³-hybridized carbons (Fsp3) is 0.450. The number of fused-ring (bicyclic) bond motifs is 2. The van der Waals surface area contributed by atoms with Gasteiger partial charge in [0.2, 0.25) is 5.13 Å². The molecular weight excluding hydrogens is 410 g/mol. The molecule has 1 aromatic carbocycles. The average molecular weight is 433 g/mol. The Balaban J connectivity index is 1.37. The van der Waals surface area contributed by atoms with Crippen molar-refractivity contribution in [3.05, 3.63) is 30.6 Å². The van der Waals surface area contributed by atoms with Crippen molar-refractivity contribution in [3.63, 3.8) is 0 Å². The number of nitrogens with zero attached hydrogens (tertiary/aromatic N) is 5. The number of aromatic nitrogens is 4. The third-order valence-electron chi connectivity index (χ3n) is 6.08. The Bertz CT molecular complexity index is 1060. The van der Waals surface area contributed by atoms with Gasteiger partial charge in [-0.05, 0) is 37.0 Å². The fourth-order valence-corrected chi connectivity index (χ4v) is 5.33. The summed E-state index contributed by atoms with van der Waals surface area (Å²) in [5, 5.41) is 27.5. The largest absolute Gasteiger partial charge is 0.507 e. The van der Waals surface area contributed by atoms with Gasteiger partial charge in [0.1, 0.15) is 11.9 Å². The van der Waals surface area contributed by atoms with Crippen LogP contribution in [0, 0.1) is 0 Å². The van der Waals surface area contributed by atoms with Crippen molar-refractivity contribution in [2.75, 3.05) is 11.9 Å². The number of anilines is 1. The van der Waals surface area contributed by atoms with Gasteiger partial charge in [0.25, 0.3) is 0 Å². The van der Waals surface area contributed by atoms with Crippen LogP contribution in [0.4, 0.5) is 13.9 Å². The van der Waals surface area contributed by atoms with E-state index in [2.05, 4.69) is 20.6 Å². The van der Waals surface area contributed by atoms with Crippen LogP contribution >= 0.6 is 11.3 Å². The van der Waals surface area contributed by atoms with Gasteiger partial charge in [0.05, 0.1) is 17.8 Å². The van der Waals surface area contributed by atoms with E-state index in [1.165, 1.54) is 16.0 Å². The number of nitrogens with one attached hydrogen (secondary N) is 1. The monoisotopic (exact) mass is 432 g/mol. The van der Waals surface area contributed by atoms with Crippen LogP contribution in [0.15, 0.2) is 30.6 Å². The number of piperidine rings is 1. The highest BCUT2D eigenvalue weighted by molar-refractivity contribution is 7.18. The van der Waals surface area contributed by atoms with Crippen molar-refractivity contribution in [2.24, 2.45) is 0 Å². The molecule has 30 heavy (non-hydrogen) atoms. The van der Waals surface area contributed by atoms with E-state index in [1.54, 1.807) is 24.5 Å². The van der Waals surface area contributed by atoms with Crippen LogP contribution in [-0.4, -0.2) is 56.4 Å². The van der Waals surface area contributed by atoms with E-state index in [4.69, 9.17) is 0 Å². The molecule has 2 aliphatic heterocycles. The average Bonchev–Trinajstić information content (AvgIpc) is 3.50. The quantitative estimate of drug-likeness (QED) is 0.644. The van der Waals surface area contributed by atoms with Gasteiger partial charge >= 0.3 is 0 Å².